The second-order valence-corrected chi connectivity index (χ2v) is 15.0. The maximum atomic E-state index is 12.2. The number of nitrogens with one attached hydrogen (secondary N) is 3. The van der Waals surface area contributed by atoms with Gasteiger partial charge in [-0.3, -0.25) is 38.3 Å². The first-order chi connectivity index (χ1) is 24.1. The zero-order chi connectivity index (χ0) is 38.5. The van der Waals surface area contributed by atoms with E-state index in [4.69, 9.17) is 10.2 Å². The Hall–Kier alpha value is -3.56. The number of sulfonamides is 1. The van der Waals surface area contributed by atoms with Crippen LogP contribution in [0.1, 0.15) is 155 Å². The lowest BCUT2D eigenvalue weighted by Crippen LogP contribution is -2.38. The van der Waals surface area contributed by atoms with Gasteiger partial charge in [-0.1, -0.05) is 77.0 Å². The molecule has 0 spiro atoms. The third-order valence-electron chi connectivity index (χ3n) is 8.38. The zero-order valence-electron chi connectivity index (χ0n) is 30.3. The lowest BCUT2D eigenvalue weighted by Gasteiger charge is -2.13. The number of aliphatic carboxylic acids is 3. The Morgan fingerprint density at radius 2 is 1.04 bits per heavy atom. The Labute approximate surface area is 302 Å². The van der Waals surface area contributed by atoms with Crippen LogP contribution in [-0.4, -0.2) is 83.5 Å². The molecule has 0 bridgehead atoms. The summed E-state index contributed by atoms with van der Waals surface area (Å²) in [5.41, 5.74) is 0. The average Bonchev–Trinajstić information content (AvgIpc) is 3.04. The molecule has 0 aromatic rings. The minimum Gasteiger partial charge on any atom is -0.481 e. The van der Waals surface area contributed by atoms with Gasteiger partial charge in [-0.05, 0) is 39.0 Å². The van der Waals surface area contributed by atoms with Gasteiger partial charge >= 0.3 is 17.9 Å². The van der Waals surface area contributed by atoms with E-state index >= 15 is 0 Å². The van der Waals surface area contributed by atoms with Gasteiger partial charge < -0.3 is 26.0 Å². The van der Waals surface area contributed by atoms with Crippen molar-refractivity contribution in [3.8, 4) is 0 Å². The molecule has 2 atom stereocenters. The topological polar surface area (TPSA) is 250 Å². The van der Waals surface area contributed by atoms with E-state index in [1.165, 1.54) is 39.0 Å². The smallest absolute Gasteiger partial charge is 0.325 e. The van der Waals surface area contributed by atoms with Crippen molar-refractivity contribution in [2.24, 2.45) is 5.92 Å². The fourth-order valence-corrected chi connectivity index (χ4v) is 6.43. The second-order valence-electron chi connectivity index (χ2n) is 13.2. The number of carbonyl (C=O) groups is 7. The van der Waals surface area contributed by atoms with Gasteiger partial charge in [0.05, 0.1) is 11.7 Å². The minimum atomic E-state index is -3.87. The molecule has 51 heavy (non-hydrogen) atoms. The van der Waals surface area contributed by atoms with E-state index < -0.39 is 57.6 Å². The molecular weight excluding hydrogens is 686 g/mol. The highest BCUT2D eigenvalue weighted by Crippen LogP contribution is 2.15. The van der Waals surface area contributed by atoms with Crippen molar-refractivity contribution >= 4 is 51.4 Å². The number of unbranched alkanes of at least 4 members (excludes halogenated alkanes) is 13. The van der Waals surface area contributed by atoms with Crippen molar-refractivity contribution in [2.75, 3.05) is 12.3 Å². The summed E-state index contributed by atoms with van der Waals surface area (Å²) >= 11 is 0. The van der Waals surface area contributed by atoms with Crippen molar-refractivity contribution in [3.63, 3.8) is 0 Å². The Bertz CT molecular complexity index is 1190. The normalized spacial score (nSPS) is 12.4. The molecule has 0 saturated heterocycles. The summed E-state index contributed by atoms with van der Waals surface area (Å²) in [5, 5.41) is 31.6. The van der Waals surface area contributed by atoms with Crippen LogP contribution in [0.15, 0.2) is 0 Å². The highest BCUT2D eigenvalue weighted by atomic mass is 32.2. The van der Waals surface area contributed by atoms with Gasteiger partial charge in [0, 0.05) is 45.1 Å². The molecule has 3 amide bonds. The van der Waals surface area contributed by atoms with Gasteiger partial charge in [0.1, 0.15) is 11.8 Å². The standard InChI is InChI=1S/C35H61N3O12S/c1-27(34(45)46)37-31(41)23-22-28(35(47)48)26-29(39)18-16-24-36-30(40)20-17-25-51(49,50)38-32(42)19-14-12-10-8-6-4-2-3-5-7-9-11-13-15-21-33(43)44/h27-28H,2-26H2,1H3,(H,36,40)(H,37,41)(H,38,42)(H,43,44)(H,45,46)(H,47,48)/t27-,28+/m0/s1. The fraction of sp³-hybridized carbons (Fsp3) is 0.800. The molecule has 0 aromatic heterocycles. The number of rotatable bonds is 34. The van der Waals surface area contributed by atoms with Crippen molar-refractivity contribution in [1.82, 2.24) is 15.4 Å². The van der Waals surface area contributed by atoms with Crippen LogP contribution < -0.4 is 15.4 Å². The van der Waals surface area contributed by atoms with Crippen LogP contribution in [0.2, 0.25) is 0 Å². The van der Waals surface area contributed by atoms with Crippen LogP contribution in [0.25, 0.3) is 0 Å². The predicted octanol–water partition coefficient (Wildman–Crippen LogP) is 4.46. The summed E-state index contributed by atoms with van der Waals surface area (Å²) in [6, 6.07) is -1.12. The molecule has 0 fully saturated rings. The molecule has 0 aliphatic carbocycles. The number of hydrogen-bond donors (Lipinski definition) is 6. The van der Waals surface area contributed by atoms with Crippen molar-refractivity contribution in [2.45, 2.75) is 161 Å². The summed E-state index contributed by atoms with van der Waals surface area (Å²) in [5.74, 6) is -6.68. The second kappa shape index (κ2) is 29.1. The lowest BCUT2D eigenvalue weighted by molar-refractivity contribution is -0.145. The summed E-state index contributed by atoms with van der Waals surface area (Å²) in [6.45, 7) is 1.40. The van der Waals surface area contributed by atoms with E-state index in [1.54, 1.807) is 0 Å². The minimum absolute atomic E-state index is 0.00108. The number of carbonyl (C=O) groups excluding carboxylic acids is 4. The van der Waals surface area contributed by atoms with E-state index in [2.05, 4.69) is 15.4 Å². The Balaban J connectivity index is 3.90. The molecule has 0 aliphatic rings. The van der Waals surface area contributed by atoms with Crippen LogP contribution >= 0.6 is 0 Å². The van der Waals surface area contributed by atoms with Crippen LogP contribution in [-0.2, 0) is 43.6 Å². The van der Waals surface area contributed by atoms with Crippen LogP contribution in [0.5, 0.6) is 0 Å². The highest BCUT2D eigenvalue weighted by Gasteiger charge is 2.23. The van der Waals surface area contributed by atoms with E-state index in [9.17, 15) is 47.1 Å². The van der Waals surface area contributed by atoms with E-state index in [-0.39, 0.29) is 75.9 Å². The fourth-order valence-electron chi connectivity index (χ4n) is 5.35. The van der Waals surface area contributed by atoms with Crippen LogP contribution in [0.4, 0.5) is 0 Å². The molecule has 0 unspecified atom stereocenters. The van der Waals surface area contributed by atoms with Crippen molar-refractivity contribution < 1.29 is 57.3 Å². The maximum absolute atomic E-state index is 12.2. The SMILES string of the molecule is C[C@H](NC(=O)CC[C@H](CC(=O)CCCNC(=O)CCCS(=O)(=O)NC(=O)CCCCCCCCCCCCCCCCC(=O)O)C(=O)O)C(=O)O. The maximum Gasteiger partial charge on any atom is 0.325 e. The highest BCUT2D eigenvalue weighted by molar-refractivity contribution is 7.90. The lowest BCUT2D eigenvalue weighted by atomic mass is 9.95. The molecule has 0 heterocycles. The molecule has 294 valence electrons. The first-order valence-corrected chi connectivity index (χ1v) is 20.1. The Morgan fingerprint density at radius 3 is 1.53 bits per heavy atom. The van der Waals surface area contributed by atoms with E-state index in [0.717, 1.165) is 51.4 Å². The van der Waals surface area contributed by atoms with Gasteiger partial charge in [0.25, 0.3) is 0 Å². The third-order valence-corrected chi connectivity index (χ3v) is 9.74. The van der Waals surface area contributed by atoms with Gasteiger partial charge in [0.2, 0.25) is 27.7 Å². The largest absolute Gasteiger partial charge is 0.481 e. The summed E-state index contributed by atoms with van der Waals surface area (Å²) in [7, 11) is -3.87. The zero-order valence-corrected chi connectivity index (χ0v) is 31.1. The molecule has 0 saturated carbocycles. The third kappa shape index (κ3) is 29.8. The number of amides is 3. The van der Waals surface area contributed by atoms with Crippen molar-refractivity contribution in [1.29, 1.82) is 0 Å². The number of ketones is 1. The van der Waals surface area contributed by atoms with Gasteiger partial charge in [-0.15, -0.1) is 0 Å². The first-order valence-electron chi connectivity index (χ1n) is 18.4. The summed E-state index contributed by atoms with van der Waals surface area (Å²) in [4.78, 5) is 81.0. The molecule has 6 N–H and O–H groups in total. The first kappa shape index (κ1) is 47.4. The average molecular weight is 748 g/mol. The Kier molecular flexibility index (Phi) is 27.0. The molecule has 0 radical (unpaired) electrons. The monoisotopic (exact) mass is 747 g/mol. The number of carboxylic acids is 3. The molecule has 16 heteroatoms. The molecule has 0 rings (SSSR count). The number of hydrogen-bond acceptors (Lipinski definition) is 9. The number of Topliss-reactive ketones (excluding diaryl/α,β-unsaturated/α-hetero) is 1. The summed E-state index contributed by atoms with van der Waals surface area (Å²) in [6.07, 6.45) is 14.5. The predicted molar refractivity (Wildman–Crippen MR) is 190 cm³/mol. The van der Waals surface area contributed by atoms with E-state index in [1.807, 2.05) is 0 Å². The molecule has 0 aliphatic heterocycles. The van der Waals surface area contributed by atoms with Crippen molar-refractivity contribution in [3.05, 3.63) is 0 Å². The molecule has 0 aromatic carbocycles. The van der Waals surface area contributed by atoms with Gasteiger partial charge in [0.15, 0.2) is 0 Å². The summed E-state index contributed by atoms with van der Waals surface area (Å²) < 4.78 is 26.5. The molecular formula is C35H61N3O12S. The van der Waals surface area contributed by atoms with Gasteiger partial charge in [-0.2, -0.15) is 0 Å². The Morgan fingerprint density at radius 1 is 0.549 bits per heavy atom. The number of carboxylic acid groups (broad SMARTS) is 3. The quantitative estimate of drug-likeness (QED) is 0.0499. The van der Waals surface area contributed by atoms with Crippen LogP contribution in [0, 0.1) is 5.92 Å². The van der Waals surface area contributed by atoms with Crippen LogP contribution in [0.3, 0.4) is 0 Å². The van der Waals surface area contributed by atoms with Gasteiger partial charge in [-0.25, -0.2) is 8.42 Å². The van der Waals surface area contributed by atoms with E-state index in [0.29, 0.717) is 6.42 Å². The molecule has 15 nitrogen and oxygen atoms in total.